The quantitative estimate of drug-likeness (QED) is 0.595. The lowest BCUT2D eigenvalue weighted by Gasteiger charge is -2.49. The Morgan fingerprint density at radius 1 is 1.24 bits per heavy atom. The summed E-state index contributed by atoms with van der Waals surface area (Å²) in [5, 5.41) is 2.89. The molecule has 0 bridgehead atoms. The van der Waals surface area contributed by atoms with E-state index >= 15 is 0 Å². The fraction of sp³-hybridized carbons (Fsp3) is 0.625. The number of rotatable bonds is 2. The molecule has 2 saturated heterocycles. The normalized spacial score (nSPS) is 24.8. The van der Waals surface area contributed by atoms with Crippen LogP contribution in [0.25, 0.3) is 0 Å². The lowest BCUT2D eigenvalue weighted by molar-refractivity contribution is -0.136. The van der Waals surface area contributed by atoms with Crippen molar-refractivity contribution >= 4 is 11.8 Å². The summed E-state index contributed by atoms with van der Waals surface area (Å²) in [6.07, 6.45) is 3.19. The summed E-state index contributed by atoms with van der Waals surface area (Å²) in [5.41, 5.74) is -1.10. The van der Waals surface area contributed by atoms with Crippen molar-refractivity contribution in [3.8, 4) is 0 Å². The first-order valence-corrected chi connectivity index (χ1v) is 8.46. The van der Waals surface area contributed by atoms with E-state index in [0.29, 0.717) is 32.5 Å². The topological polar surface area (TPSA) is 118 Å². The van der Waals surface area contributed by atoms with Gasteiger partial charge in [0, 0.05) is 49.9 Å². The van der Waals surface area contributed by atoms with Gasteiger partial charge < -0.3 is 15.2 Å². The van der Waals surface area contributed by atoms with Crippen LogP contribution < -0.4 is 16.6 Å². The number of amides is 2. The van der Waals surface area contributed by atoms with Gasteiger partial charge >= 0.3 is 5.69 Å². The molecular formula is C16H23N5O4. The van der Waals surface area contributed by atoms with Crippen LogP contribution in [0.4, 0.5) is 0 Å². The maximum absolute atomic E-state index is 12.7. The van der Waals surface area contributed by atoms with Gasteiger partial charge in [-0.2, -0.15) is 0 Å². The van der Waals surface area contributed by atoms with E-state index in [1.807, 2.05) is 7.05 Å². The maximum Gasteiger partial charge on any atom is 0.325 e. The van der Waals surface area contributed by atoms with Crippen molar-refractivity contribution < 1.29 is 9.59 Å². The number of H-pyrrole nitrogens is 2. The van der Waals surface area contributed by atoms with E-state index in [0.717, 1.165) is 13.0 Å². The van der Waals surface area contributed by atoms with Crippen molar-refractivity contribution in [3.05, 3.63) is 32.6 Å². The number of hydrogen-bond donors (Lipinski definition) is 3. The van der Waals surface area contributed by atoms with Crippen LogP contribution in [0.5, 0.6) is 0 Å². The Kier molecular flexibility index (Phi) is 4.76. The molecular weight excluding hydrogens is 326 g/mol. The SMILES string of the molecule is CN1CCN(C(=O)Cc2c[nH]c(=O)[nH]c2=O)CC12CCNC(=O)CC2. The second kappa shape index (κ2) is 6.83. The minimum atomic E-state index is -0.588. The van der Waals surface area contributed by atoms with Gasteiger partial charge in [-0.05, 0) is 19.9 Å². The number of carbonyl (C=O) groups excluding carboxylic acids is 2. The number of aromatic amines is 2. The van der Waals surface area contributed by atoms with Gasteiger partial charge in [0.05, 0.1) is 6.42 Å². The van der Waals surface area contributed by atoms with Gasteiger partial charge in [0.25, 0.3) is 5.56 Å². The molecule has 1 atom stereocenters. The first-order valence-electron chi connectivity index (χ1n) is 8.46. The van der Waals surface area contributed by atoms with Crippen LogP contribution >= 0.6 is 0 Å². The van der Waals surface area contributed by atoms with Crippen LogP contribution in [0.3, 0.4) is 0 Å². The lowest BCUT2D eigenvalue weighted by Crippen LogP contribution is -2.62. The predicted molar refractivity (Wildman–Crippen MR) is 90.2 cm³/mol. The van der Waals surface area contributed by atoms with E-state index in [2.05, 4.69) is 20.2 Å². The zero-order valence-electron chi connectivity index (χ0n) is 14.3. The van der Waals surface area contributed by atoms with Crippen molar-refractivity contribution in [3.63, 3.8) is 0 Å². The van der Waals surface area contributed by atoms with Crippen LogP contribution in [-0.4, -0.2) is 70.3 Å². The Balaban J connectivity index is 1.74. The number of likely N-dealkylation sites (N-methyl/N-ethyl adjacent to an activating group) is 1. The van der Waals surface area contributed by atoms with Crippen molar-refractivity contribution in [1.29, 1.82) is 0 Å². The molecule has 25 heavy (non-hydrogen) atoms. The molecule has 2 fully saturated rings. The summed E-state index contributed by atoms with van der Waals surface area (Å²) < 4.78 is 0. The third kappa shape index (κ3) is 3.65. The average molecular weight is 349 g/mol. The fourth-order valence-corrected chi connectivity index (χ4v) is 3.65. The highest BCUT2D eigenvalue weighted by molar-refractivity contribution is 5.79. The molecule has 1 aromatic rings. The van der Waals surface area contributed by atoms with Crippen LogP contribution in [-0.2, 0) is 16.0 Å². The number of carbonyl (C=O) groups is 2. The van der Waals surface area contributed by atoms with Crippen molar-refractivity contribution in [2.75, 3.05) is 33.2 Å². The number of piperazine rings is 1. The smallest absolute Gasteiger partial charge is 0.325 e. The highest BCUT2D eigenvalue weighted by atomic mass is 16.2. The summed E-state index contributed by atoms with van der Waals surface area (Å²) >= 11 is 0. The van der Waals surface area contributed by atoms with Gasteiger partial charge in [0.1, 0.15) is 0 Å². The van der Waals surface area contributed by atoms with E-state index < -0.39 is 11.2 Å². The Bertz CT molecular complexity index is 785. The molecule has 1 aromatic heterocycles. The molecule has 0 radical (unpaired) electrons. The average Bonchev–Trinajstić information content (AvgIpc) is 2.75. The minimum Gasteiger partial charge on any atom is -0.356 e. The standard InChI is InChI=1S/C16H23N5O4/c1-20-6-7-21(10-16(20)3-2-12(22)17-5-4-16)13(23)8-11-9-18-15(25)19-14(11)24/h9H,2-8,10H2,1H3,(H,17,22)(H2,18,19,24,25). The molecule has 1 unspecified atom stereocenters. The number of nitrogens with zero attached hydrogens (tertiary/aromatic N) is 2. The molecule has 0 saturated carbocycles. The first kappa shape index (κ1) is 17.4. The summed E-state index contributed by atoms with van der Waals surface area (Å²) in [6.45, 7) is 2.45. The number of aromatic nitrogens is 2. The molecule has 136 valence electrons. The number of hydrogen-bond acceptors (Lipinski definition) is 5. The Labute approximate surface area is 144 Å². The predicted octanol–water partition coefficient (Wildman–Crippen LogP) is -1.58. The molecule has 3 rings (SSSR count). The Hall–Kier alpha value is -2.42. The van der Waals surface area contributed by atoms with Gasteiger partial charge in [-0.15, -0.1) is 0 Å². The molecule has 2 amide bonds. The summed E-state index contributed by atoms with van der Waals surface area (Å²) in [5.74, 6) is -0.0953. The van der Waals surface area contributed by atoms with Crippen molar-refractivity contribution in [2.24, 2.45) is 0 Å². The molecule has 9 nitrogen and oxygen atoms in total. The van der Waals surface area contributed by atoms with Crippen LogP contribution in [0, 0.1) is 0 Å². The fourth-order valence-electron chi connectivity index (χ4n) is 3.65. The molecule has 0 aromatic carbocycles. The minimum absolute atomic E-state index is 0.0495. The van der Waals surface area contributed by atoms with E-state index in [1.165, 1.54) is 6.20 Å². The molecule has 3 heterocycles. The van der Waals surface area contributed by atoms with Gasteiger partial charge in [-0.25, -0.2) is 4.79 Å². The van der Waals surface area contributed by atoms with Gasteiger partial charge in [-0.1, -0.05) is 0 Å². The highest BCUT2D eigenvalue weighted by Gasteiger charge is 2.42. The van der Waals surface area contributed by atoms with Crippen LogP contribution in [0.15, 0.2) is 15.8 Å². The Morgan fingerprint density at radius 3 is 2.80 bits per heavy atom. The van der Waals surface area contributed by atoms with E-state index in [-0.39, 0.29) is 29.3 Å². The molecule has 1 spiro atoms. The molecule has 3 N–H and O–H groups in total. The van der Waals surface area contributed by atoms with Gasteiger partial charge in [0.15, 0.2) is 0 Å². The third-order valence-corrected chi connectivity index (χ3v) is 5.32. The summed E-state index contributed by atoms with van der Waals surface area (Å²) in [7, 11) is 2.03. The summed E-state index contributed by atoms with van der Waals surface area (Å²) in [4.78, 5) is 55.7. The van der Waals surface area contributed by atoms with Gasteiger partial charge in [-0.3, -0.25) is 24.3 Å². The van der Waals surface area contributed by atoms with Crippen LogP contribution in [0.1, 0.15) is 24.8 Å². The van der Waals surface area contributed by atoms with E-state index in [1.54, 1.807) is 4.90 Å². The lowest BCUT2D eigenvalue weighted by atomic mass is 9.86. The van der Waals surface area contributed by atoms with Gasteiger partial charge in [0.2, 0.25) is 11.8 Å². The largest absolute Gasteiger partial charge is 0.356 e. The second-order valence-corrected chi connectivity index (χ2v) is 6.84. The zero-order chi connectivity index (χ0) is 18.0. The summed E-state index contributed by atoms with van der Waals surface area (Å²) in [6, 6.07) is 0. The molecule has 0 aliphatic carbocycles. The molecule has 2 aliphatic heterocycles. The Morgan fingerprint density at radius 2 is 2.04 bits per heavy atom. The van der Waals surface area contributed by atoms with Crippen molar-refractivity contribution in [1.82, 2.24) is 25.1 Å². The maximum atomic E-state index is 12.7. The van der Waals surface area contributed by atoms with E-state index in [4.69, 9.17) is 0 Å². The van der Waals surface area contributed by atoms with E-state index in [9.17, 15) is 19.2 Å². The second-order valence-electron chi connectivity index (χ2n) is 6.84. The molecule has 2 aliphatic rings. The first-order chi connectivity index (χ1) is 11.9. The van der Waals surface area contributed by atoms with Crippen LogP contribution in [0.2, 0.25) is 0 Å². The zero-order valence-corrected chi connectivity index (χ0v) is 14.3. The van der Waals surface area contributed by atoms with Crippen molar-refractivity contribution in [2.45, 2.75) is 31.2 Å². The highest BCUT2D eigenvalue weighted by Crippen LogP contribution is 2.30. The molecule has 9 heteroatoms. The monoisotopic (exact) mass is 349 g/mol. The third-order valence-electron chi connectivity index (χ3n) is 5.32. The number of nitrogens with one attached hydrogen (secondary N) is 3.